The molecule has 2 rings (SSSR count). The average molecular weight is 271 g/mol. The van der Waals surface area contributed by atoms with E-state index in [9.17, 15) is 0 Å². The lowest BCUT2D eigenvalue weighted by atomic mass is 10.2. The average Bonchev–Trinajstić information content (AvgIpc) is 2.65. The van der Waals surface area contributed by atoms with Crippen molar-refractivity contribution in [2.24, 2.45) is 5.11 Å². The predicted molar refractivity (Wildman–Crippen MR) is 59.2 cm³/mol. The first-order valence-electron chi connectivity index (χ1n) is 3.97. The molecule has 0 unspecified atom stereocenters. The van der Waals surface area contributed by atoms with E-state index in [1.54, 1.807) is 11.3 Å². The predicted octanol–water partition coefficient (Wildman–Crippen LogP) is 3.80. The van der Waals surface area contributed by atoms with Crippen LogP contribution in [0, 0.1) is 5.53 Å². The van der Waals surface area contributed by atoms with Crippen molar-refractivity contribution in [3.05, 3.63) is 38.8 Å². The molecular formula is C9H7BrN2OS. The molecule has 0 radical (unpaired) electrons. The van der Waals surface area contributed by atoms with Crippen LogP contribution in [0.5, 0.6) is 0 Å². The van der Waals surface area contributed by atoms with Gasteiger partial charge < -0.3 is 4.74 Å². The number of nitrogens with zero attached hydrogens (tertiary/aromatic N) is 1. The van der Waals surface area contributed by atoms with E-state index < -0.39 is 0 Å². The van der Waals surface area contributed by atoms with Gasteiger partial charge in [0.05, 0.1) is 5.57 Å². The van der Waals surface area contributed by atoms with Crippen LogP contribution < -0.4 is 0 Å². The summed E-state index contributed by atoms with van der Waals surface area (Å²) in [6.07, 6.45) is 3.85. The molecule has 0 saturated carbocycles. The third-order valence-corrected chi connectivity index (χ3v) is 3.49. The van der Waals surface area contributed by atoms with Gasteiger partial charge in [0.15, 0.2) is 0 Å². The summed E-state index contributed by atoms with van der Waals surface area (Å²) in [6.45, 7) is 0.494. The molecule has 1 aliphatic heterocycles. The molecule has 0 fully saturated rings. The summed E-state index contributed by atoms with van der Waals surface area (Å²) in [5.74, 6) is 0.391. The van der Waals surface area contributed by atoms with Gasteiger partial charge in [-0.05, 0) is 34.1 Å². The normalized spacial score (nSPS) is 15.5. The van der Waals surface area contributed by atoms with Crippen molar-refractivity contribution in [1.82, 2.24) is 0 Å². The minimum absolute atomic E-state index is 0.391. The van der Waals surface area contributed by atoms with Gasteiger partial charge in [-0.2, -0.15) is 0 Å². The van der Waals surface area contributed by atoms with E-state index in [4.69, 9.17) is 10.3 Å². The summed E-state index contributed by atoms with van der Waals surface area (Å²) in [5.41, 5.74) is 7.86. The molecular weight excluding hydrogens is 264 g/mol. The van der Waals surface area contributed by atoms with Gasteiger partial charge in [0.1, 0.15) is 6.61 Å². The Morgan fingerprint density at radius 2 is 2.43 bits per heavy atom. The first-order chi connectivity index (χ1) is 6.81. The molecule has 0 aromatic carbocycles. The second kappa shape index (κ2) is 4.06. The minimum atomic E-state index is 0.391. The van der Waals surface area contributed by atoms with Crippen molar-refractivity contribution in [3.8, 4) is 0 Å². The summed E-state index contributed by atoms with van der Waals surface area (Å²) < 4.78 is 6.27. The molecule has 2 heterocycles. The van der Waals surface area contributed by atoms with E-state index in [0.29, 0.717) is 12.5 Å². The monoisotopic (exact) mass is 270 g/mol. The van der Waals surface area contributed by atoms with E-state index in [-0.39, 0.29) is 0 Å². The number of halogens is 1. The molecule has 0 aliphatic carbocycles. The lowest BCUT2D eigenvalue weighted by molar-refractivity contribution is 0.239. The Morgan fingerprint density at radius 3 is 3.07 bits per heavy atom. The Bertz CT molecular complexity index is 422. The molecule has 1 aromatic rings. The zero-order chi connectivity index (χ0) is 9.97. The van der Waals surface area contributed by atoms with Crippen LogP contribution in [0.25, 0.3) is 5.57 Å². The highest BCUT2D eigenvalue weighted by Gasteiger charge is 2.12. The van der Waals surface area contributed by atoms with Gasteiger partial charge in [-0.1, -0.05) is 0 Å². The van der Waals surface area contributed by atoms with Gasteiger partial charge in [0.2, 0.25) is 5.88 Å². The SMILES string of the molecule is N=NC1=C(c2cc(Br)cs2)C=CCO1. The zero-order valence-corrected chi connectivity index (χ0v) is 9.56. The maximum absolute atomic E-state index is 6.98. The molecule has 3 nitrogen and oxygen atoms in total. The first kappa shape index (κ1) is 9.61. The number of hydrogen-bond acceptors (Lipinski definition) is 4. The Labute approximate surface area is 93.7 Å². The highest BCUT2D eigenvalue weighted by molar-refractivity contribution is 9.10. The third-order valence-electron chi connectivity index (χ3n) is 1.77. The number of rotatable bonds is 2. The number of ether oxygens (including phenoxy) is 1. The van der Waals surface area contributed by atoms with E-state index in [2.05, 4.69) is 21.0 Å². The summed E-state index contributed by atoms with van der Waals surface area (Å²) in [4.78, 5) is 1.05. The van der Waals surface area contributed by atoms with Crippen LogP contribution in [0.3, 0.4) is 0 Å². The van der Waals surface area contributed by atoms with Crippen LogP contribution >= 0.6 is 27.3 Å². The fourth-order valence-electron chi connectivity index (χ4n) is 1.18. The molecule has 5 heteroatoms. The molecule has 0 bridgehead atoms. The quantitative estimate of drug-likeness (QED) is 0.817. The number of nitrogens with one attached hydrogen (secondary N) is 1. The molecule has 1 N–H and O–H groups in total. The van der Waals surface area contributed by atoms with Crippen molar-refractivity contribution in [1.29, 1.82) is 5.53 Å². The van der Waals surface area contributed by atoms with Crippen molar-refractivity contribution >= 4 is 32.8 Å². The second-order valence-corrected chi connectivity index (χ2v) is 4.50. The van der Waals surface area contributed by atoms with Crippen LogP contribution in [-0.2, 0) is 4.74 Å². The van der Waals surface area contributed by atoms with Gasteiger partial charge in [0.25, 0.3) is 0 Å². The molecule has 72 valence electrons. The Morgan fingerprint density at radius 1 is 1.57 bits per heavy atom. The maximum atomic E-state index is 6.98. The number of thiophene rings is 1. The van der Waals surface area contributed by atoms with Gasteiger partial charge >= 0.3 is 0 Å². The van der Waals surface area contributed by atoms with Crippen LogP contribution in [0.15, 0.2) is 39.1 Å². The van der Waals surface area contributed by atoms with Crippen molar-refractivity contribution in [3.63, 3.8) is 0 Å². The summed E-state index contributed by atoms with van der Waals surface area (Å²) in [5, 5.41) is 5.35. The van der Waals surface area contributed by atoms with Gasteiger partial charge in [-0.15, -0.1) is 16.5 Å². The topological polar surface area (TPSA) is 45.4 Å². The lowest BCUT2D eigenvalue weighted by Crippen LogP contribution is -1.97. The number of allylic oxidation sites excluding steroid dienone is 2. The van der Waals surface area contributed by atoms with E-state index >= 15 is 0 Å². The summed E-state index contributed by atoms with van der Waals surface area (Å²) in [7, 11) is 0. The van der Waals surface area contributed by atoms with Gasteiger partial charge in [-0.25, -0.2) is 5.53 Å². The Kier molecular flexibility index (Phi) is 2.79. The largest absolute Gasteiger partial charge is 0.472 e. The minimum Gasteiger partial charge on any atom is -0.472 e. The van der Waals surface area contributed by atoms with Crippen molar-refractivity contribution in [2.45, 2.75) is 0 Å². The lowest BCUT2D eigenvalue weighted by Gasteiger charge is -2.10. The standard InChI is InChI=1S/C9H7BrN2OS/c10-6-4-8(14-5-6)7-2-1-3-13-9(7)12-11/h1-2,4-5,11H,3H2. The summed E-state index contributed by atoms with van der Waals surface area (Å²) in [6, 6.07) is 1.99. The first-order valence-corrected chi connectivity index (χ1v) is 5.64. The van der Waals surface area contributed by atoms with Crippen LogP contribution in [0.2, 0.25) is 0 Å². The molecule has 14 heavy (non-hydrogen) atoms. The van der Waals surface area contributed by atoms with Crippen molar-refractivity contribution < 1.29 is 4.74 Å². The molecule has 0 saturated heterocycles. The molecule has 1 aliphatic rings. The molecule has 0 atom stereocenters. The third kappa shape index (κ3) is 1.78. The molecule has 0 spiro atoms. The Hall–Kier alpha value is -0.940. The fraction of sp³-hybridized carbons (Fsp3) is 0.111. The fourth-order valence-corrected chi connectivity index (χ4v) is 2.62. The zero-order valence-electron chi connectivity index (χ0n) is 7.16. The van der Waals surface area contributed by atoms with Crippen LogP contribution in [0.1, 0.15) is 4.88 Å². The molecule has 0 amide bonds. The highest BCUT2D eigenvalue weighted by atomic mass is 79.9. The smallest absolute Gasteiger partial charge is 0.241 e. The van der Waals surface area contributed by atoms with Crippen molar-refractivity contribution in [2.75, 3.05) is 6.61 Å². The van der Waals surface area contributed by atoms with E-state index in [1.807, 2.05) is 23.6 Å². The highest BCUT2D eigenvalue weighted by Crippen LogP contribution is 2.31. The summed E-state index contributed by atoms with van der Waals surface area (Å²) >= 11 is 4.98. The number of hydrogen-bond donors (Lipinski definition) is 1. The van der Waals surface area contributed by atoms with Gasteiger partial charge in [0, 0.05) is 14.7 Å². The van der Waals surface area contributed by atoms with Crippen LogP contribution in [-0.4, -0.2) is 6.61 Å². The molecule has 1 aromatic heterocycles. The second-order valence-electron chi connectivity index (χ2n) is 2.67. The van der Waals surface area contributed by atoms with E-state index in [1.165, 1.54) is 0 Å². The van der Waals surface area contributed by atoms with Crippen LogP contribution in [0.4, 0.5) is 0 Å². The van der Waals surface area contributed by atoms with E-state index in [0.717, 1.165) is 14.9 Å². The van der Waals surface area contributed by atoms with Gasteiger partial charge in [-0.3, -0.25) is 0 Å². The Balaban J connectivity index is 2.45. The maximum Gasteiger partial charge on any atom is 0.241 e.